The number of isocyanates is 1. The summed E-state index contributed by atoms with van der Waals surface area (Å²) in [7, 11) is -2.54. The van der Waals surface area contributed by atoms with Gasteiger partial charge in [0.25, 0.3) is 0 Å². The third-order valence-corrected chi connectivity index (χ3v) is 7.23. The number of nitrogens with zero attached hydrogens (tertiary/aromatic N) is 1. The maximum atomic E-state index is 9.93. The molecule has 0 aliphatic carbocycles. The molecule has 0 saturated heterocycles. The van der Waals surface area contributed by atoms with Crippen LogP contribution in [0.2, 0.25) is 6.04 Å². The molecule has 4 N–H and O–H groups in total. The van der Waals surface area contributed by atoms with Crippen molar-refractivity contribution in [2.24, 2.45) is 4.99 Å². The third kappa shape index (κ3) is 18.1. The van der Waals surface area contributed by atoms with E-state index in [4.69, 9.17) is 18.4 Å². The van der Waals surface area contributed by atoms with Gasteiger partial charge in [-0.2, -0.15) is 0 Å². The van der Waals surface area contributed by atoms with Crippen molar-refractivity contribution in [1.29, 1.82) is 0 Å². The minimum atomic E-state index is -2.54. The van der Waals surface area contributed by atoms with Crippen LogP contribution < -0.4 is 0 Å². The Balaban J connectivity index is 0. The molecule has 4 unspecified atom stereocenters. The van der Waals surface area contributed by atoms with Crippen molar-refractivity contribution in [3.05, 3.63) is 0 Å². The molecule has 0 amide bonds. The fraction of sp³-hybridized carbons (Fsp3) is 0.950. The van der Waals surface area contributed by atoms with Crippen molar-refractivity contribution in [2.75, 3.05) is 26.4 Å². The SMILES string of the molecule is CCC(O)CC(O)CC(O)CC(C)O.CCO[Si](CCCN=C=O)(OCC)OCC. The predicted octanol–water partition coefficient (Wildman–Crippen LogP) is 1.79. The lowest BCUT2D eigenvalue weighted by Crippen LogP contribution is -2.46. The Bertz CT molecular complexity index is 418. The van der Waals surface area contributed by atoms with E-state index >= 15 is 0 Å². The first kappa shape index (κ1) is 31.5. The topological polar surface area (TPSA) is 138 Å². The number of hydrogen-bond donors (Lipinski definition) is 4. The lowest BCUT2D eigenvalue weighted by molar-refractivity contribution is 0.0212. The van der Waals surface area contributed by atoms with Gasteiger partial charge in [-0.05, 0) is 59.8 Å². The molecule has 9 nitrogen and oxygen atoms in total. The van der Waals surface area contributed by atoms with Crippen molar-refractivity contribution in [1.82, 2.24) is 0 Å². The van der Waals surface area contributed by atoms with Gasteiger partial charge in [-0.25, -0.2) is 9.79 Å². The Hall–Kier alpha value is -0.683. The van der Waals surface area contributed by atoms with E-state index in [0.717, 1.165) is 6.42 Å². The molecule has 10 heteroatoms. The first-order valence-electron chi connectivity index (χ1n) is 10.9. The minimum absolute atomic E-state index is 0.210. The average molecular weight is 454 g/mol. The normalized spacial score (nSPS) is 15.4. The van der Waals surface area contributed by atoms with Gasteiger partial charge in [0.1, 0.15) is 0 Å². The van der Waals surface area contributed by atoms with Gasteiger partial charge < -0.3 is 33.7 Å². The molecule has 0 spiro atoms. The van der Waals surface area contributed by atoms with E-state index < -0.39 is 33.2 Å². The summed E-state index contributed by atoms with van der Waals surface area (Å²) in [6.07, 6.45) is 1.13. The molecule has 0 bridgehead atoms. The molecule has 0 aromatic rings. The molecule has 0 aromatic carbocycles. The zero-order valence-electron chi connectivity index (χ0n) is 19.2. The van der Waals surface area contributed by atoms with Crippen LogP contribution >= 0.6 is 0 Å². The predicted molar refractivity (Wildman–Crippen MR) is 117 cm³/mol. The Labute approximate surface area is 182 Å². The second kappa shape index (κ2) is 20.2. The lowest BCUT2D eigenvalue weighted by Gasteiger charge is -2.28. The van der Waals surface area contributed by atoms with Crippen molar-refractivity contribution in [3.8, 4) is 0 Å². The summed E-state index contributed by atoms with van der Waals surface area (Å²) >= 11 is 0. The first-order valence-corrected chi connectivity index (χ1v) is 12.8. The molecule has 0 fully saturated rings. The van der Waals surface area contributed by atoms with Gasteiger partial charge in [0, 0.05) is 25.9 Å². The van der Waals surface area contributed by atoms with Crippen LogP contribution in [0.1, 0.15) is 66.7 Å². The number of rotatable bonds is 17. The highest BCUT2D eigenvalue weighted by Gasteiger charge is 2.39. The molecule has 30 heavy (non-hydrogen) atoms. The van der Waals surface area contributed by atoms with Gasteiger partial charge in [0.05, 0.1) is 31.0 Å². The van der Waals surface area contributed by atoms with E-state index in [1.807, 2.05) is 27.7 Å². The summed E-state index contributed by atoms with van der Waals surface area (Å²) in [5, 5.41) is 37.0. The summed E-state index contributed by atoms with van der Waals surface area (Å²) in [6.45, 7) is 11.4. The Morgan fingerprint density at radius 3 is 1.70 bits per heavy atom. The van der Waals surface area contributed by atoms with Crippen LogP contribution in [0.15, 0.2) is 4.99 Å². The number of aliphatic imine (C=N–C) groups is 1. The molecule has 0 rings (SSSR count). The Morgan fingerprint density at radius 2 is 1.30 bits per heavy atom. The molecule has 0 heterocycles. The molecule has 4 atom stereocenters. The van der Waals surface area contributed by atoms with Crippen LogP contribution in [0, 0.1) is 0 Å². The average Bonchev–Trinajstić information content (AvgIpc) is 2.65. The summed E-state index contributed by atoms with van der Waals surface area (Å²) in [5.41, 5.74) is 0. The van der Waals surface area contributed by atoms with Gasteiger partial charge >= 0.3 is 8.80 Å². The van der Waals surface area contributed by atoms with Crippen LogP contribution in [0.4, 0.5) is 0 Å². The van der Waals surface area contributed by atoms with E-state index in [-0.39, 0.29) is 19.3 Å². The van der Waals surface area contributed by atoms with E-state index in [1.165, 1.54) is 6.08 Å². The van der Waals surface area contributed by atoms with E-state index in [0.29, 0.717) is 38.8 Å². The summed E-state index contributed by atoms with van der Waals surface area (Å²) in [6, 6.07) is 0.688. The zero-order chi connectivity index (χ0) is 23.4. The quantitative estimate of drug-likeness (QED) is 0.113. The number of hydrogen-bond acceptors (Lipinski definition) is 9. The number of aliphatic hydroxyl groups is 4. The first-order chi connectivity index (χ1) is 14.2. The largest absolute Gasteiger partial charge is 0.500 e. The molecular weight excluding hydrogens is 410 g/mol. The molecule has 0 radical (unpaired) electrons. The van der Waals surface area contributed by atoms with Crippen molar-refractivity contribution in [2.45, 2.75) is 97.2 Å². The highest BCUT2D eigenvalue weighted by Crippen LogP contribution is 2.18. The Kier molecular flexibility index (Phi) is 21.2. The summed E-state index contributed by atoms with van der Waals surface area (Å²) in [4.78, 5) is 13.4. The summed E-state index contributed by atoms with van der Waals surface area (Å²) in [5.74, 6) is 0. The second-order valence-corrected chi connectivity index (χ2v) is 9.72. The maximum absolute atomic E-state index is 9.93. The van der Waals surface area contributed by atoms with Crippen LogP contribution in [-0.4, -0.2) is 86.1 Å². The lowest BCUT2D eigenvalue weighted by atomic mass is 10.0. The third-order valence-electron chi connectivity index (χ3n) is 4.08. The monoisotopic (exact) mass is 453 g/mol. The van der Waals surface area contributed by atoms with Crippen LogP contribution in [0.5, 0.6) is 0 Å². The van der Waals surface area contributed by atoms with Gasteiger partial charge in [-0.3, -0.25) is 0 Å². The standard InChI is InChI=1S/C10H21NO4Si.C10H22O4/c1-4-13-16(14-5-2,15-6-3)9-7-8-11-10-12;1-3-8(12)5-10(14)6-9(13)4-7(2)11/h4-9H2,1-3H3;7-14H,3-6H2,1-2H3. The fourth-order valence-corrected chi connectivity index (χ4v) is 5.40. The van der Waals surface area contributed by atoms with E-state index in [9.17, 15) is 20.1 Å². The minimum Gasteiger partial charge on any atom is -0.393 e. The molecule has 0 aromatic heterocycles. The van der Waals surface area contributed by atoms with E-state index in [2.05, 4.69) is 4.99 Å². The van der Waals surface area contributed by atoms with Gasteiger partial charge in [0.2, 0.25) is 6.08 Å². The molecule has 180 valence electrons. The smallest absolute Gasteiger partial charge is 0.393 e. The molecule has 0 aliphatic heterocycles. The number of carbonyl (C=O) groups excluding carboxylic acids is 1. The van der Waals surface area contributed by atoms with Crippen molar-refractivity contribution >= 4 is 14.9 Å². The van der Waals surface area contributed by atoms with Gasteiger partial charge in [0.15, 0.2) is 0 Å². The zero-order valence-corrected chi connectivity index (χ0v) is 20.2. The van der Waals surface area contributed by atoms with Crippen molar-refractivity contribution < 1.29 is 38.5 Å². The van der Waals surface area contributed by atoms with Crippen molar-refractivity contribution in [3.63, 3.8) is 0 Å². The molecule has 0 aliphatic rings. The highest BCUT2D eigenvalue weighted by molar-refractivity contribution is 6.60. The Morgan fingerprint density at radius 1 is 0.833 bits per heavy atom. The highest BCUT2D eigenvalue weighted by atomic mass is 28.4. The van der Waals surface area contributed by atoms with Crippen LogP contribution in [0.3, 0.4) is 0 Å². The number of aliphatic hydroxyl groups excluding tert-OH is 4. The van der Waals surface area contributed by atoms with E-state index in [1.54, 1.807) is 6.92 Å². The molecule has 0 saturated carbocycles. The van der Waals surface area contributed by atoms with Crippen LogP contribution in [-0.2, 0) is 18.1 Å². The van der Waals surface area contributed by atoms with Gasteiger partial charge in [-0.1, -0.05) is 6.92 Å². The van der Waals surface area contributed by atoms with Gasteiger partial charge in [-0.15, -0.1) is 0 Å². The maximum Gasteiger partial charge on any atom is 0.500 e. The van der Waals surface area contributed by atoms with Crippen LogP contribution in [0.25, 0.3) is 0 Å². The summed E-state index contributed by atoms with van der Waals surface area (Å²) < 4.78 is 16.9. The molecular formula is C20H43NO8Si. The second-order valence-electron chi connectivity index (χ2n) is 6.98. The fourth-order valence-electron chi connectivity index (χ4n) is 2.80.